The monoisotopic (exact) mass is 230 g/mol. The highest BCUT2D eigenvalue weighted by Crippen LogP contribution is 2.25. The van der Waals surface area contributed by atoms with Crippen LogP contribution in [0, 0.1) is 11.3 Å². The molecule has 0 fully saturated rings. The van der Waals surface area contributed by atoms with Gasteiger partial charge >= 0.3 is 6.36 Å². The van der Waals surface area contributed by atoms with Crippen molar-refractivity contribution in [3.05, 3.63) is 29.8 Å². The Morgan fingerprint density at radius 2 is 2.12 bits per heavy atom. The molecule has 1 aromatic rings. The first kappa shape index (κ1) is 12.3. The lowest BCUT2D eigenvalue weighted by atomic mass is 10.1. The zero-order valence-corrected chi connectivity index (χ0v) is 8.16. The number of rotatable bonds is 3. The minimum Gasteiger partial charge on any atom is -0.406 e. The second kappa shape index (κ2) is 4.86. The van der Waals surface area contributed by atoms with Crippen LogP contribution < -0.4 is 10.5 Å². The average Bonchev–Trinajstić information content (AvgIpc) is 2.16. The van der Waals surface area contributed by atoms with E-state index in [9.17, 15) is 13.2 Å². The Kier molecular flexibility index (Phi) is 3.74. The number of benzene rings is 1. The molecule has 3 nitrogen and oxygen atoms in total. The number of nitriles is 1. The molecule has 0 bridgehead atoms. The van der Waals surface area contributed by atoms with Gasteiger partial charge in [0.2, 0.25) is 0 Å². The predicted octanol–water partition coefficient (Wildman–Crippen LogP) is 2.50. The highest BCUT2D eigenvalue weighted by molar-refractivity contribution is 5.30. The molecule has 0 aliphatic carbocycles. The van der Waals surface area contributed by atoms with E-state index in [1.807, 2.05) is 6.07 Å². The van der Waals surface area contributed by atoms with Gasteiger partial charge in [0.1, 0.15) is 5.75 Å². The number of ether oxygens (including phenoxy) is 1. The molecule has 86 valence electrons. The molecular formula is C10H9F3N2O. The van der Waals surface area contributed by atoms with Crippen molar-refractivity contribution in [2.75, 3.05) is 0 Å². The van der Waals surface area contributed by atoms with Crippen molar-refractivity contribution in [3.8, 4) is 11.8 Å². The van der Waals surface area contributed by atoms with Crippen LogP contribution in [-0.2, 0) is 0 Å². The molecule has 1 rings (SSSR count). The number of hydrogen-bond donors (Lipinski definition) is 1. The van der Waals surface area contributed by atoms with E-state index in [-0.39, 0.29) is 12.2 Å². The molecular weight excluding hydrogens is 221 g/mol. The first-order valence-corrected chi connectivity index (χ1v) is 4.40. The van der Waals surface area contributed by atoms with E-state index >= 15 is 0 Å². The summed E-state index contributed by atoms with van der Waals surface area (Å²) in [6.45, 7) is 0. The molecule has 2 N–H and O–H groups in total. The third kappa shape index (κ3) is 3.79. The molecule has 1 aromatic carbocycles. The van der Waals surface area contributed by atoms with Gasteiger partial charge in [-0.1, -0.05) is 12.1 Å². The topological polar surface area (TPSA) is 59.0 Å². The van der Waals surface area contributed by atoms with E-state index < -0.39 is 12.4 Å². The van der Waals surface area contributed by atoms with Gasteiger partial charge in [-0.2, -0.15) is 5.26 Å². The first-order chi connectivity index (χ1) is 7.42. The summed E-state index contributed by atoms with van der Waals surface area (Å²) in [6, 6.07) is 6.53. The highest BCUT2D eigenvalue weighted by atomic mass is 19.4. The molecule has 0 amide bonds. The van der Waals surface area contributed by atoms with Crippen LogP contribution in [0.25, 0.3) is 0 Å². The number of nitrogens with zero attached hydrogens (tertiary/aromatic N) is 1. The van der Waals surface area contributed by atoms with Crippen molar-refractivity contribution in [1.29, 1.82) is 5.26 Å². The molecule has 0 radical (unpaired) electrons. The first-order valence-electron chi connectivity index (χ1n) is 4.40. The predicted molar refractivity (Wildman–Crippen MR) is 50.3 cm³/mol. The maximum atomic E-state index is 11.9. The SMILES string of the molecule is N#CC[C@@H](N)c1cccc(OC(F)(F)F)c1. The lowest BCUT2D eigenvalue weighted by Crippen LogP contribution is -2.17. The van der Waals surface area contributed by atoms with Crippen LogP contribution in [0.15, 0.2) is 24.3 Å². The van der Waals surface area contributed by atoms with Crippen LogP contribution in [0.4, 0.5) is 13.2 Å². The summed E-state index contributed by atoms with van der Waals surface area (Å²) >= 11 is 0. The van der Waals surface area contributed by atoms with Crippen molar-refractivity contribution in [2.45, 2.75) is 18.8 Å². The van der Waals surface area contributed by atoms with Crippen LogP contribution in [0.1, 0.15) is 18.0 Å². The van der Waals surface area contributed by atoms with Gasteiger partial charge < -0.3 is 10.5 Å². The summed E-state index contributed by atoms with van der Waals surface area (Å²) in [5.41, 5.74) is 6.01. The van der Waals surface area contributed by atoms with Crippen molar-refractivity contribution in [2.24, 2.45) is 5.73 Å². The molecule has 0 saturated heterocycles. The standard InChI is InChI=1S/C10H9F3N2O/c11-10(12,13)16-8-3-1-2-7(6-8)9(15)4-5-14/h1-3,6,9H,4,15H2/t9-/m1/s1. The van der Waals surface area contributed by atoms with E-state index in [4.69, 9.17) is 11.0 Å². The van der Waals surface area contributed by atoms with E-state index in [0.717, 1.165) is 0 Å². The summed E-state index contributed by atoms with van der Waals surface area (Å²) in [5.74, 6) is -0.335. The van der Waals surface area contributed by atoms with Gasteiger partial charge in [-0.05, 0) is 17.7 Å². The molecule has 0 saturated carbocycles. The van der Waals surface area contributed by atoms with Crippen LogP contribution in [0.2, 0.25) is 0 Å². The van der Waals surface area contributed by atoms with Gasteiger partial charge in [0, 0.05) is 6.04 Å². The van der Waals surface area contributed by atoms with Crippen LogP contribution in [0.3, 0.4) is 0 Å². The van der Waals surface area contributed by atoms with Crippen molar-refractivity contribution >= 4 is 0 Å². The molecule has 0 aliphatic rings. The lowest BCUT2D eigenvalue weighted by molar-refractivity contribution is -0.274. The molecule has 0 unspecified atom stereocenters. The zero-order valence-electron chi connectivity index (χ0n) is 8.16. The summed E-state index contributed by atoms with van der Waals surface area (Å²) in [7, 11) is 0. The minimum atomic E-state index is -4.72. The van der Waals surface area contributed by atoms with Crippen molar-refractivity contribution in [1.82, 2.24) is 0 Å². The Balaban J connectivity index is 2.83. The Bertz CT molecular complexity index is 398. The number of nitrogens with two attached hydrogens (primary N) is 1. The van der Waals surface area contributed by atoms with E-state index in [1.165, 1.54) is 18.2 Å². The Morgan fingerprint density at radius 3 is 2.69 bits per heavy atom. The summed E-state index contributed by atoms with van der Waals surface area (Å²) in [6.07, 6.45) is -4.69. The Labute approximate surface area is 90.2 Å². The molecule has 6 heteroatoms. The van der Waals surface area contributed by atoms with E-state index in [1.54, 1.807) is 6.07 Å². The Morgan fingerprint density at radius 1 is 1.44 bits per heavy atom. The van der Waals surface area contributed by atoms with Crippen molar-refractivity contribution < 1.29 is 17.9 Å². The van der Waals surface area contributed by atoms with Crippen LogP contribution in [-0.4, -0.2) is 6.36 Å². The van der Waals surface area contributed by atoms with E-state index in [0.29, 0.717) is 5.56 Å². The quantitative estimate of drug-likeness (QED) is 0.867. The molecule has 0 spiro atoms. The molecule has 0 aromatic heterocycles. The normalized spacial score (nSPS) is 12.9. The van der Waals surface area contributed by atoms with Crippen molar-refractivity contribution in [3.63, 3.8) is 0 Å². The molecule has 16 heavy (non-hydrogen) atoms. The fourth-order valence-electron chi connectivity index (χ4n) is 1.16. The van der Waals surface area contributed by atoms with Gasteiger partial charge in [0.25, 0.3) is 0 Å². The second-order valence-corrected chi connectivity index (χ2v) is 3.09. The summed E-state index contributed by atoms with van der Waals surface area (Å²) in [5, 5.41) is 8.41. The molecule has 0 aliphatic heterocycles. The van der Waals surface area contributed by atoms with Gasteiger partial charge in [-0.15, -0.1) is 13.2 Å². The fourth-order valence-corrected chi connectivity index (χ4v) is 1.16. The van der Waals surface area contributed by atoms with Gasteiger partial charge in [0.15, 0.2) is 0 Å². The molecule has 0 heterocycles. The number of halogens is 3. The zero-order chi connectivity index (χ0) is 12.2. The van der Waals surface area contributed by atoms with Gasteiger partial charge in [-0.25, -0.2) is 0 Å². The fraction of sp³-hybridized carbons (Fsp3) is 0.300. The van der Waals surface area contributed by atoms with Gasteiger partial charge in [0.05, 0.1) is 12.5 Å². The minimum absolute atomic E-state index is 0.0372. The Hall–Kier alpha value is -1.74. The third-order valence-electron chi connectivity index (χ3n) is 1.83. The molecule has 1 atom stereocenters. The largest absolute Gasteiger partial charge is 0.573 e. The summed E-state index contributed by atoms with van der Waals surface area (Å²) in [4.78, 5) is 0. The average molecular weight is 230 g/mol. The third-order valence-corrected chi connectivity index (χ3v) is 1.83. The van der Waals surface area contributed by atoms with Crippen LogP contribution in [0.5, 0.6) is 5.75 Å². The maximum Gasteiger partial charge on any atom is 0.573 e. The lowest BCUT2D eigenvalue weighted by Gasteiger charge is -2.12. The highest BCUT2D eigenvalue weighted by Gasteiger charge is 2.31. The van der Waals surface area contributed by atoms with Crippen LogP contribution >= 0.6 is 0 Å². The summed E-state index contributed by atoms with van der Waals surface area (Å²) < 4.78 is 39.5. The number of alkyl halides is 3. The smallest absolute Gasteiger partial charge is 0.406 e. The van der Waals surface area contributed by atoms with E-state index in [2.05, 4.69) is 4.74 Å². The second-order valence-electron chi connectivity index (χ2n) is 3.09. The maximum absolute atomic E-state index is 11.9. The van der Waals surface area contributed by atoms with Gasteiger partial charge in [-0.3, -0.25) is 0 Å². The number of hydrogen-bond acceptors (Lipinski definition) is 3.